The van der Waals surface area contributed by atoms with E-state index >= 15 is 0 Å². The number of nitrogens with zero attached hydrogens (tertiary/aromatic N) is 4. The van der Waals surface area contributed by atoms with Crippen molar-refractivity contribution in [3.8, 4) is 6.07 Å². The van der Waals surface area contributed by atoms with E-state index in [0.717, 1.165) is 9.79 Å². The van der Waals surface area contributed by atoms with Gasteiger partial charge in [-0.3, -0.25) is 9.20 Å². The Morgan fingerprint density at radius 1 is 1.03 bits per heavy atom. The lowest BCUT2D eigenvalue weighted by atomic mass is 10.2. The highest BCUT2D eigenvalue weighted by Gasteiger charge is 2.13. The molecule has 8 heteroatoms. The van der Waals surface area contributed by atoms with Crippen LogP contribution in [0.5, 0.6) is 0 Å². The second kappa shape index (κ2) is 9.32. The number of hydrogen-bond donors (Lipinski definition) is 1. The summed E-state index contributed by atoms with van der Waals surface area (Å²) in [6.45, 7) is 0.819. The van der Waals surface area contributed by atoms with Crippen LogP contribution in [0.1, 0.15) is 22.3 Å². The lowest BCUT2D eigenvalue weighted by Gasteiger charge is -2.10. The highest BCUT2D eigenvalue weighted by Crippen LogP contribution is 2.32. The lowest BCUT2D eigenvalue weighted by molar-refractivity contribution is 0.0949. The molecule has 0 spiro atoms. The predicted molar refractivity (Wildman–Crippen MR) is 118 cm³/mol. The summed E-state index contributed by atoms with van der Waals surface area (Å²) in [5.41, 5.74) is 1.52. The summed E-state index contributed by atoms with van der Waals surface area (Å²) in [5.74, 6) is -0.195. The lowest BCUT2D eigenvalue weighted by Crippen LogP contribution is -2.27. The molecule has 4 rings (SSSR count). The van der Waals surface area contributed by atoms with E-state index < -0.39 is 0 Å². The first kappa shape index (κ1) is 20.4. The molecule has 2 aromatic carbocycles. The van der Waals surface area contributed by atoms with Crippen molar-refractivity contribution in [3.05, 3.63) is 94.5 Å². The van der Waals surface area contributed by atoms with Crippen LogP contribution in [0, 0.1) is 11.3 Å². The van der Waals surface area contributed by atoms with Crippen molar-refractivity contribution < 1.29 is 4.79 Å². The van der Waals surface area contributed by atoms with E-state index in [1.54, 1.807) is 30.5 Å². The third-order valence-electron chi connectivity index (χ3n) is 4.68. The zero-order valence-electron chi connectivity index (χ0n) is 16.6. The monoisotopic (exact) mass is 429 g/mol. The molecule has 0 radical (unpaired) electrons. The molecule has 2 heterocycles. The zero-order valence-corrected chi connectivity index (χ0v) is 17.4. The maximum Gasteiger partial charge on any atom is 0.350 e. The number of pyridine rings is 1. The third kappa shape index (κ3) is 4.52. The van der Waals surface area contributed by atoms with E-state index in [0.29, 0.717) is 36.3 Å². The second-order valence-electron chi connectivity index (χ2n) is 6.75. The normalized spacial score (nSPS) is 10.7. The van der Waals surface area contributed by atoms with Crippen LogP contribution >= 0.6 is 11.8 Å². The summed E-state index contributed by atoms with van der Waals surface area (Å²) >= 11 is 1.39. The minimum absolute atomic E-state index is 0.195. The van der Waals surface area contributed by atoms with Crippen molar-refractivity contribution in [2.75, 3.05) is 6.54 Å². The first-order valence-corrected chi connectivity index (χ1v) is 10.6. The minimum Gasteiger partial charge on any atom is -0.352 e. The Kier molecular flexibility index (Phi) is 6.15. The first-order chi connectivity index (χ1) is 15.2. The molecule has 4 aromatic rings. The second-order valence-corrected chi connectivity index (χ2v) is 7.83. The molecule has 0 unspecified atom stereocenters. The van der Waals surface area contributed by atoms with Crippen molar-refractivity contribution in [1.82, 2.24) is 19.5 Å². The number of benzene rings is 2. The van der Waals surface area contributed by atoms with Gasteiger partial charge in [-0.1, -0.05) is 42.1 Å². The number of fused-ring (bicyclic) bond motifs is 1. The number of aromatic nitrogens is 3. The Morgan fingerprint density at radius 2 is 1.77 bits per heavy atom. The van der Waals surface area contributed by atoms with E-state index in [-0.39, 0.29) is 11.6 Å². The van der Waals surface area contributed by atoms with E-state index in [1.807, 2.05) is 42.5 Å². The Balaban J connectivity index is 1.39. The van der Waals surface area contributed by atoms with Crippen molar-refractivity contribution in [1.29, 1.82) is 5.26 Å². The molecule has 0 saturated heterocycles. The van der Waals surface area contributed by atoms with Gasteiger partial charge in [0.05, 0.1) is 11.1 Å². The van der Waals surface area contributed by atoms with Gasteiger partial charge in [0, 0.05) is 29.1 Å². The molecular formula is C23H19N5O2S. The molecule has 2 aromatic heterocycles. The molecule has 0 fully saturated rings. The number of nitrogens with one attached hydrogen (secondary N) is 1. The molecule has 7 nitrogen and oxygen atoms in total. The van der Waals surface area contributed by atoms with E-state index in [1.165, 1.54) is 20.8 Å². The quantitative estimate of drug-likeness (QED) is 0.455. The fraction of sp³-hybridized carbons (Fsp3) is 0.130. The van der Waals surface area contributed by atoms with Gasteiger partial charge in [0.25, 0.3) is 5.91 Å². The highest BCUT2D eigenvalue weighted by atomic mass is 32.2. The Labute approximate surface area is 182 Å². The minimum atomic E-state index is -0.195. The van der Waals surface area contributed by atoms with Crippen LogP contribution in [0.3, 0.4) is 0 Å². The summed E-state index contributed by atoms with van der Waals surface area (Å²) in [6.07, 6.45) is 2.25. The van der Waals surface area contributed by atoms with Crippen LogP contribution in [0.4, 0.5) is 0 Å². The summed E-state index contributed by atoms with van der Waals surface area (Å²) in [7, 11) is 0. The Hall–Kier alpha value is -3.83. The van der Waals surface area contributed by atoms with Crippen LogP contribution in [-0.4, -0.2) is 26.6 Å². The fourth-order valence-corrected chi connectivity index (χ4v) is 4.17. The molecule has 154 valence electrons. The smallest absolute Gasteiger partial charge is 0.350 e. The van der Waals surface area contributed by atoms with Crippen LogP contribution in [0.2, 0.25) is 0 Å². The average molecular weight is 430 g/mol. The number of nitriles is 1. The summed E-state index contributed by atoms with van der Waals surface area (Å²) in [6, 6.07) is 22.2. The third-order valence-corrected chi connectivity index (χ3v) is 5.83. The van der Waals surface area contributed by atoms with Crippen LogP contribution in [0.25, 0.3) is 5.65 Å². The van der Waals surface area contributed by atoms with Crippen molar-refractivity contribution in [3.63, 3.8) is 0 Å². The molecule has 31 heavy (non-hydrogen) atoms. The summed E-state index contributed by atoms with van der Waals surface area (Å²) in [5, 5.41) is 16.5. The largest absolute Gasteiger partial charge is 0.352 e. The van der Waals surface area contributed by atoms with E-state index in [9.17, 15) is 14.9 Å². The van der Waals surface area contributed by atoms with Gasteiger partial charge in [-0.2, -0.15) is 5.26 Å². The van der Waals surface area contributed by atoms with Crippen molar-refractivity contribution >= 4 is 23.3 Å². The van der Waals surface area contributed by atoms with Gasteiger partial charge >= 0.3 is 5.69 Å². The number of rotatable bonds is 7. The van der Waals surface area contributed by atoms with Crippen LogP contribution < -0.4 is 11.0 Å². The van der Waals surface area contributed by atoms with Gasteiger partial charge < -0.3 is 5.32 Å². The molecule has 0 saturated carbocycles. The fourth-order valence-electron chi connectivity index (χ4n) is 3.15. The maximum atomic E-state index is 12.8. The average Bonchev–Trinajstić information content (AvgIpc) is 3.13. The molecule has 1 N–H and O–H groups in total. The van der Waals surface area contributed by atoms with Gasteiger partial charge in [-0.05, 0) is 42.8 Å². The molecule has 0 aliphatic carbocycles. The van der Waals surface area contributed by atoms with Crippen molar-refractivity contribution in [2.45, 2.75) is 22.8 Å². The molecule has 0 aliphatic rings. The Morgan fingerprint density at radius 3 is 2.58 bits per heavy atom. The van der Waals surface area contributed by atoms with E-state index in [4.69, 9.17) is 0 Å². The summed E-state index contributed by atoms with van der Waals surface area (Å²) < 4.78 is 2.90. The standard InChI is InChI=1S/C23H19N5O2S/c24-16-17-8-1-3-10-19(17)31-20-11-4-2-9-18(20)22(29)25-13-7-15-28-23(30)27-14-6-5-12-21(27)26-28/h1-6,8-12,14H,7,13,15H2,(H,25,29). The summed E-state index contributed by atoms with van der Waals surface area (Å²) in [4.78, 5) is 26.6. The topological polar surface area (TPSA) is 92.2 Å². The number of hydrogen-bond acceptors (Lipinski definition) is 5. The number of aryl methyl sites for hydroxylation is 1. The molecule has 0 aliphatic heterocycles. The molecular weight excluding hydrogens is 410 g/mol. The van der Waals surface area contributed by atoms with Crippen LogP contribution in [-0.2, 0) is 6.54 Å². The van der Waals surface area contributed by atoms with Gasteiger partial charge in [-0.25, -0.2) is 9.48 Å². The first-order valence-electron chi connectivity index (χ1n) is 9.76. The van der Waals surface area contributed by atoms with Crippen molar-refractivity contribution in [2.24, 2.45) is 0 Å². The maximum absolute atomic E-state index is 12.8. The van der Waals surface area contributed by atoms with Crippen LogP contribution in [0.15, 0.2) is 87.5 Å². The zero-order chi connectivity index (χ0) is 21.6. The predicted octanol–water partition coefficient (Wildman–Crippen LogP) is 3.34. The number of amides is 1. The van der Waals surface area contributed by atoms with Gasteiger partial charge in [-0.15, -0.1) is 5.10 Å². The van der Waals surface area contributed by atoms with Gasteiger partial charge in [0.1, 0.15) is 6.07 Å². The highest BCUT2D eigenvalue weighted by molar-refractivity contribution is 7.99. The molecule has 0 atom stereocenters. The van der Waals surface area contributed by atoms with Gasteiger partial charge in [0.2, 0.25) is 0 Å². The number of carbonyl (C=O) groups is 1. The van der Waals surface area contributed by atoms with Gasteiger partial charge in [0.15, 0.2) is 5.65 Å². The molecule has 0 bridgehead atoms. The van der Waals surface area contributed by atoms with E-state index in [2.05, 4.69) is 16.5 Å². The SMILES string of the molecule is N#Cc1ccccc1Sc1ccccc1C(=O)NCCCn1nc2ccccn2c1=O. The Bertz CT molecular complexity index is 1340. The number of carbonyl (C=O) groups excluding carboxylic acids is 1. The molecule has 1 amide bonds.